The van der Waals surface area contributed by atoms with Gasteiger partial charge in [-0.3, -0.25) is 10.1 Å². The molecule has 6 N–H and O–H groups in total. The number of aromatic hydroxyl groups is 1. The first kappa shape index (κ1) is 39.0. The number of thiophene rings is 2. The Morgan fingerprint density at radius 2 is 1.72 bits per heavy atom. The lowest BCUT2D eigenvalue weighted by molar-refractivity contribution is -0.169. The molecule has 54 heavy (non-hydrogen) atoms. The molecule has 1 amide bonds. The molecule has 0 spiro atoms. The van der Waals surface area contributed by atoms with E-state index in [9.17, 15) is 38.5 Å². The number of esters is 1. The number of nitrogens with one attached hydrogen (secondary N) is 3. The fourth-order valence-corrected chi connectivity index (χ4v) is 8.28. The number of fused-ring (bicyclic) bond motifs is 1. The average molecular weight is 783 g/mol. The second-order valence-corrected chi connectivity index (χ2v) is 15.0. The number of aromatic nitrogens is 1. The van der Waals surface area contributed by atoms with E-state index in [2.05, 4.69) is 15.6 Å². The van der Waals surface area contributed by atoms with Crippen LogP contribution in [-0.2, 0) is 26.4 Å². The number of benzene rings is 2. The first-order valence-electron chi connectivity index (χ1n) is 17.3. The standard InChI is InChI=1S/C38H40F2N4O8S2/c1-44(23-6-8-24(9-7-23)52-36(48)38(50,32-4-2-16-53-32)33-5-3-17-54-33)14-15-51-37(49)42-29-19-27(39)22(18-28(29)40)20-41-21-31(46)25-10-12-30(45)35-26(25)11-13-34(47)43-35/h2-5,10-13,16-19,23-24,31,41,45-46,50H,6-9,14-15,20-21H2,1H3,(H,42,49)(H,43,47). The summed E-state index contributed by atoms with van der Waals surface area (Å²) in [4.78, 5) is 43.0. The van der Waals surface area contributed by atoms with Crippen molar-refractivity contribution in [2.75, 3.05) is 32.1 Å². The first-order chi connectivity index (χ1) is 25.9. The van der Waals surface area contributed by atoms with Gasteiger partial charge in [0.1, 0.15) is 30.1 Å². The highest BCUT2D eigenvalue weighted by Gasteiger charge is 2.45. The molecule has 286 valence electrons. The third-order valence-corrected chi connectivity index (χ3v) is 11.5. The molecule has 1 fully saturated rings. The number of rotatable bonds is 14. The van der Waals surface area contributed by atoms with Crippen molar-refractivity contribution < 1.29 is 43.2 Å². The SMILES string of the molecule is CN(CCOC(=O)Nc1cc(F)c(CNCC(O)c2ccc(O)c3[nH]c(=O)ccc23)cc1F)C1CCC(OC(=O)C(O)(c2cccs2)c2cccs2)CC1. The number of halogens is 2. The van der Waals surface area contributed by atoms with Crippen molar-refractivity contribution >= 4 is 51.3 Å². The van der Waals surface area contributed by atoms with Crippen LogP contribution in [0.2, 0.25) is 0 Å². The predicted octanol–water partition coefficient (Wildman–Crippen LogP) is 5.73. The first-order valence-corrected chi connectivity index (χ1v) is 19.1. The molecule has 0 aliphatic heterocycles. The van der Waals surface area contributed by atoms with E-state index in [4.69, 9.17) is 9.47 Å². The summed E-state index contributed by atoms with van der Waals surface area (Å²) in [5.74, 6) is -2.51. The summed E-state index contributed by atoms with van der Waals surface area (Å²) in [5.41, 5.74) is -2.10. The number of hydrogen-bond donors (Lipinski definition) is 6. The Labute approximate surface area is 317 Å². The third-order valence-electron chi connectivity index (χ3n) is 9.56. The van der Waals surface area contributed by atoms with Crippen LogP contribution in [0.3, 0.4) is 0 Å². The lowest BCUT2D eigenvalue weighted by Crippen LogP contribution is -2.42. The normalized spacial score (nSPS) is 16.7. The highest BCUT2D eigenvalue weighted by Crippen LogP contribution is 2.38. The molecule has 0 saturated heterocycles. The van der Waals surface area contributed by atoms with Gasteiger partial charge in [0, 0.05) is 48.8 Å². The number of likely N-dealkylation sites (N-methyl/N-ethyl adjacent to an activating group) is 1. The summed E-state index contributed by atoms with van der Waals surface area (Å²) in [6.07, 6.45) is 0.251. The summed E-state index contributed by atoms with van der Waals surface area (Å²) in [6.45, 7) is 0.184. The molecule has 0 bridgehead atoms. The number of aliphatic hydroxyl groups excluding tert-OH is 1. The number of amides is 1. The molecule has 12 nitrogen and oxygen atoms in total. The van der Waals surface area contributed by atoms with Crippen molar-refractivity contribution in [1.29, 1.82) is 0 Å². The van der Waals surface area contributed by atoms with Crippen molar-refractivity contribution in [2.45, 2.75) is 56.1 Å². The number of phenols is 1. The fraction of sp³-hybridized carbons (Fsp3) is 0.342. The number of aromatic amines is 1. The van der Waals surface area contributed by atoms with Crippen LogP contribution in [0.25, 0.3) is 10.9 Å². The molecule has 3 aromatic heterocycles. The zero-order chi connectivity index (χ0) is 38.4. The quantitative estimate of drug-likeness (QED) is 0.0765. The highest BCUT2D eigenvalue weighted by atomic mass is 32.1. The zero-order valence-electron chi connectivity index (χ0n) is 29.2. The molecular formula is C38H40F2N4O8S2. The molecule has 16 heteroatoms. The average Bonchev–Trinajstić information content (AvgIpc) is 3.90. The Balaban J connectivity index is 0.924. The van der Waals surface area contributed by atoms with E-state index in [1.807, 2.05) is 11.9 Å². The maximum absolute atomic E-state index is 14.9. The van der Waals surface area contributed by atoms with Gasteiger partial charge in [0.2, 0.25) is 11.2 Å². The number of carbonyl (C=O) groups excluding carboxylic acids is 2. The van der Waals surface area contributed by atoms with Crippen LogP contribution >= 0.6 is 22.7 Å². The summed E-state index contributed by atoms with van der Waals surface area (Å²) in [5, 5.41) is 41.4. The molecule has 1 unspecified atom stereocenters. The van der Waals surface area contributed by atoms with E-state index in [0.717, 1.165) is 25.0 Å². The van der Waals surface area contributed by atoms with Crippen LogP contribution in [0.1, 0.15) is 52.7 Å². The number of aliphatic hydroxyl groups is 2. The molecule has 1 atom stereocenters. The Hall–Kier alpha value is -4.71. The summed E-state index contributed by atoms with van der Waals surface area (Å²) in [6, 6.07) is 14.5. The maximum atomic E-state index is 14.9. The Morgan fingerprint density at radius 3 is 2.39 bits per heavy atom. The van der Waals surface area contributed by atoms with Gasteiger partial charge in [-0.2, -0.15) is 0 Å². The molecule has 1 aliphatic carbocycles. The number of ether oxygens (including phenoxy) is 2. The molecule has 2 aromatic carbocycles. The van der Waals surface area contributed by atoms with Crippen LogP contribution < -0.4 is 16.2 Å². The fourth-order valence-electron chi connectivity index (χ4n) is 6.57. The van der Waals surface area contributed by atoms with Gasteiger partial charge in [0.05, 0.1) is 27.1 Å². The maximum Gasteiger partial charge on any atom is 0.411 e. The molecule has 1 aliphatic rings. The Bertz CT molecular complexity index is 2090. The van der Waals surface area contributed by atoms with Gasteiger partial charge in [-0.25, -0.2) is 18.4 Å². The van der Waals surface area contributed by atoms with E-state index in [1.54, 1.807) is 35.0 Å². The number of anilines is 1. The van der Waals surface area contributed by atoms with E-state index in [-0.39, 0.29) is 48.7 Å². The topological polar surface area (TPSA) is 173 Å². The van der Waals surface area contributed by atoms with Crippen LogP contribution in [0.5, 0.6) is 5.75 Å². The second-order valence-electron chi connectivity index (χ2n) is 13.1. The van der Waals surface area contributed by atoms with E-state index in [1.165, 1.54) is 46.9 Å². The van der Waals surface area contributed by atoms with E-state index in [0.29, 0.717) is 40.1 Å². The zero-order valence-corrected chi connectivity index (χ0v) is 30.9. The predicted molar refractivity (Wildman–Crippen MR) is 201 cm³/mol. The van der Waals surface area contributed by atoms with Crippen molar-refractivity contribution in [3.8, 4) is 5.75 Å². The minimum Gasteiger partial charge on any atom is -0.506 e. The minimum atomic E-state index is -1.86. The number of phenolic OH excluding ortho intramolecular Hbond substituents is 1. The number of carbonyl (C=O) groups is 2. The van der Waals surface area contributed by atoms with Crippen LogP contribution in [0, 0.1) is 11.6 Å². The lowest BCUT2D eigenvalue weighted by atomic mass is 9.91. The minimum absolute atomic E-state index is 0.00720. The van der Waals surface area contributed by atoms with Crippen molar-refractivity contribution in [3.05, 3.63) is 114 Å². The largest absolute Gasteiger partial charge is 0.506 e. The molecule has 5 aromatic rings. The lowest BCUT2D eigenvalue weighted by Gasteiger charge is -2.35. The van der Waals surface area contributed by atoms with E-state index >= 15 is 0 Å². The summed E-state index contributed by atoms with van der Waals surface area (Å²) in [7, 11) is 1.89. The van der Waals surface area contributed by atoms with Gasteiger partial charge in [-0.05, 0) is 79.4 Å². The number of nitrogens with zero attached hydrogens (tertiary/aromatic N) is 1. The smallest absolute Gasteiger partial charge is 0.411 e. The number of H-pyrrole nitrogens is 1. The van der Waals surface area contributed by atoms with Crippen LogP contribution in [0.15, 0.2) is 76.2 Å². The van der Waals surface area contributed by atoms with Gasteiger partial charge in [0.25, 0.3) is 0 Å². The van der Waals surface area contributed by atoms with Gasteiger partial charge < -0.3 is 40.0 Å². The molecule has 3 heterocycles. The number of hydrogen-bond acceptors (Lipinski definition) is 12. The number of pyridine rings is 1. The van der Waals surface area contributed by atoms with Crippen molar-refractivity contribution in [3.63, 3.8) is 0 Å². The molecule has 1 saturated carbocycles. The van der Waals surface area contributed by atoms with Crippen molar-refractivity contribution in [1.82, 2.24) is 15.2 Å². The van der Waals surface area contributed by atoms with Gasteiger partial charge in [-0.1, -0.05) is 18.2 Å². The van der Waals surface area contributed by atoms with Gasteiger partial charge in [0.15, 0.2) is 0 Å². The van der Waals surface area contributed by atoms with Crippen LogP contribution in [-0.4, -0.2) is 76.2 Å². The van der Waals surface area contributed by atoms with E-state index < -0.39 is 46.6 Å². The van der Waals surface area contributed by atoms with Crippen LogP contribution in [0.4, 0.5) is 19.3 Å². The Kier molecular flexibility index (Phi) is 12.4. The summed E-state index contributed by atoms with van der Waals surface area (Å²) >= 11 is 2.58. The molecule has 6 rings (SSSR count). The monoisotopic (exact) mass is 782 g/mol. The summed E-state index contributed by atoms with van der Waals surface area (Å²) < 4.78 is 40.9. The third kappa shape index (κ3) is 8.80. The second kappa shape index (κ2) is 17.2. The highest BCUT2D eigenvalue weighted by molar-refractivity contribution is 7.12. The van der Waals surface area contributed by atoms with Crippen molar-refractivity contribution in [2.24, 2.45) is 0 Å². The Morgan fingerprint density at radius 1 is 1.02 bits per heavy atom. The van der Waals surface area contributed by atoms with Gasteiger partial charge >= 0.3 is 12.1 Å². The van der Waals surface area contributed by atoms with Gasteiger partial charge in [-0.15, -0.1) is 22.7 Å². The molecule has 0 radical (unpaired) electrons. The molecular weight excluding hydrogens is 743 g/mol.